The van der Waals surface area contributed by atoms with Crippen LogP contribution in [-0.2, 0) is 0 Å². The van der Waals surface area contributed by atoms with Crippen LogP contribution in [0.3, 0.4) is 0 Å². The van der Waals surface area contributed by atoms with Gasteiger partial charge in [-0.3, -0.25) is 0 Å². The molecule has 1 fully saturated rings. The second-order valence-electron chi connectivity index (χ2n) is 4.26. The van der Waals surface area contributed by atoms with Crippen LogP contribution in [0.25, 0.3) is 0 Å². The summed E-state index contributed by atoms with van der Waals surface area (Å²) in [5.74, 6) is -0.966. The number of carboxylic acid groups (broad SMARTS) is 1. The lowest BCUT2D eigenvalue weighted by Crippen LogP contribution is -2.26. The third-order valence-corrected chi connectivity index (χ3v) is 3.15. The zero-order valence-corrected chi connectivity index (χ0v) is 9.31. The van der Waals surface area contributed by atoms with Gasteiger partial charge < -0.3 is 15.7 Å². The Morgan fingerprint density at radius 1 is 1.56 bits per heavy atom. The fourth-order valence-electron chi connectivity index (χ4n) is 2.22. The summed E-state index contributed by atoms with van der Waals surface area (Å²) in [5.41, 5.74) is 7.09. The molecular weight excluding hydrogens is 204 g/mol. The SMILES string of the molecule is CC1CCCN1c1ccc(N)c(C(=O)O)c1. The van der Waals surface area contributed by atoms with Gasteiger partial charge in [-0.15, -0.1) is 0 Å². The number of anilines is 2. The average molecular weight is 220 g/mol. The maximum Gasteiger partial charge on any atom is 0.337 e. The molecule has 1 saturated heterocycles. The Morgan fingerprint density at radius 3 is 2.88 bits per heavy atom. The molecule has 2 rings (SSSR count). The van der Waals surface area contributed by atoms with Gasteiger partial charge in [-0.05, 0) is 38.0 Å². The van der Waals surface area contributed by atoms with Gasteiger partial charge in [0.1, 0.15) is 0 Å². The quantitative estimate of drug-likeness (QED) is 0.748. The molecule has 3 N–H and O–H groups in total. The lowest BCUT2D eigenvalue weighted by atomic mass is 10.1. The topological polar surface area (TPSA) is 66.6 Å². The second kappa shape index (κ2) is 4.04. The maximum atomic E-state index is 11.0. The van der Waals surface area contributed by atoms with Gasteiger partial charge in [0.25, 0.3) is 0 Å². The van der Waals surface area contributed by atoms with Crippen LogP contribution in [0.15, 0.2) is 18.2 Å². The molecule has 4 nitrogen and oxygen atoms in total. The third-order valence-electron chi connectivity index (χ3n) is 3.15. The Morgan fingerprint density at radius 2 is 2.31 bits per heavy atom. The van der Waals surface area contributed by atoms with Gasteiger partial charge in [-0.2, -0.15) is 0 Å². The van der Waals surface area contributed by atoms with Crippen molar-refractivity contribution in [2.24, 2.45) is 0 Å². The molecule has 0 bridgehead atoms. The summed E-state index contributed by atoms with van der Waals surface area (Å²) < 4.78 is 0. The fraction of sp³-hybridized carbons (Fsp3) is 0.417. The predicted molar refractivity (Wildman–Crippen MR) is 63.9 cm³/mol. The molecule has 0 radical (unpaired) electrons. The number of rotatable bonds is 2. The second-order valence-corrected chi connectivity index (χ2v) is 4.26. The largest absolute Gasteiger partial charge is 0.478 e. The summed E-state index contributed by atoms with van der Waals surface area (Å²) in [6.45, 7) is 3.15. The monoisotopic (exact) mass is 220 g/mol. The van der Waals surface area contributed by atoms with Crippen molar-refractivity contribution in [2.45, 2.75) is 25.8 Å². The minimum absolute atomic E-state index is 0.191. The van der Waals surface area contributed by atoms with Crippen LogP contribution >= 0.6 is 0 Å². The number of carbonyl (C=O) groups is 1. The first-order valence-electron chi connectivity index (χ1n) is 5.49. The molecule has 0 amide bonds. The molecule has 1 heterocycles. The summed E-state index contributed by atoms with van der Waals surface area (Å²) in [4.78, 5) is 13.2. The summed E-state index contributed by atoms with van der Waals surface area (Å²) in [5, 5.41) is 9.00. The van der Waals surface area contributed by atoms with Gasteiger partial charge in [0, 0.05) is 24.0 Å². The Kier molecular flexibility index (Phi) is 2.73. The number of nitrogens with two attached hydrogens (primary N) is 1. The van der Waals surface area contributed by atoms with Crippen LogP contribution < -0.4 is 10.6 Å². The van der Waals surface area contributed by atoms with Gasteiger partial charge in [-0.25, -0.2) is 4.79 Å². The molecule has 1 atom stereocenters. The number of aromatic carboxylic acids is 1. The average Bonchev–Trinajstić information content (AvgIpc) is 2.65. The van der Waals surface area contributed by atoms with E-state index >= 15 is 0 Å². The highest BCUT2D eigenvalue weighted by atomic mass is 16.4. The van der Waals surface area contributed by atoms with Gasteiger partial charge >= 0.3 is 5.97 Å². The molecular formula is C12H16N2O2. The molecule has 86 valence electrons. The highest BCUT2D eigenvalue weighted by Crippen LogP contribution is 2.27. The molecule has 0 aliphatic carbocycles. The van der Waals surface area contributed by atoms with E-state index in [1.54, 1.807) is 12.1 Å². The van der Waals surface area contributed by atoms with Crippen molar-refractivity contribution in [3.8, 4) is 0 Å². The molecule has 1 aromatic rings. The van der Waals surface area contributed by atoms with E-state index in [9.17, 15) is 4.79 Å². The van der Waals surface area contributed by atoms with Crippen molar-refractivity contribution in [3.63, 3.8) is 0 Å². The standard InChI is InChI=1S/C12H16N2O2/c1-8-3-2-6-14(8)9-4-5-11(13)10(7-9)12(15)16/h4-5,7-8H,2-3,6,13H2,1H3,(H,15,16). The van der Waals surface area contributed by atoms with Crippen LogP contribution in [-0.4, -0.2) is 23.7 Å². The zero-order valence-electron chi connectivity index (χ0n) is 9.31. The van der Waals surface area contributed by atoms with Crippen LogP contribution in [0, 0.1) is 0 Å². The Bertz CT molecular complexity index is 417. The fourth-order valence-corrected chi connectivity index (χ4v) is 2.22. The molecule has 16 heavy (non-hydrogen) atoms. The van der Waals surface area contributed by atoms with Crippen molar-refractivity contribution >= 4 is 17.3 Å². The molecule has 1 aliphatic heterocycles. The number of hydrogen-bond acceptors (Lipinski definition) is 3. The Hall–Kier alpha value is -1.71. The minimum atomic E-state index is -0.966. The minimum Gasteiger partial charge on any atom is -0.478 e. The number of hydrogen-bond donors (Lipinski definition) is 2. The number of nitrogens with zero attached hydrogens (tertiary/aromatic N) is 1. The van der Waals surface area contributed by atoms with E-state index < -0.39 is 5.97 Å². The first-order valence-corrected chi connectivity index (χ1v) is 5.49. The van der Waals surface area contributed by atoms with Crippen molar-refractivity contribution in [2.75, 3.05) is 17.2 Å². The molecule has 4 heteroatoms. The number of nitrogen functional groups attached to an aromatic ring is 1. The van der Waals surface area contributed by atoms with E-state index in [2.05, 4.69) is 11.8 Å². The maximum absolute atomic E-state index is 11.0. The smallest absolute Gasteiger partial charge is 0.337 e. The van der Waals surface area contributed by atoms with E-state index in [4.69, 9.17) is 10.8 Å². The first-order chi connectivity index (χ1) is 7.59. The van der Waals surface area contributed by atoms with Gasteiger partial charge in [0.15, 0.2) is 0 Å². The summed E-state index contributed by atoms with van der Waals surface area (Å²) in [6.07, 6.45) is 2.32. The predicted octanol–water partition coefficient (Wildman–Crippen LogP) is 1.96. The van der Waals surface area contributed by atoms with Crippen molar-refractivity contribution in [1.82, 2.24) is 0 Å². The van der Waals surface area contributed by atoms with Crippen LogP contribution in [0.2, 0.25) is 0 Å². The van der Waals surface area contributed by atoms with E-state index in [0.29, 0.717) is 11.7 Å². The van der Waals surface area contributed by atoms with E-state index in [-0.39, 0.29) is 5.56 Å². The summed E-state index contributed by atoms with van der Waals surface area (Å²) in [7, 11) is 0. The number of carboxylic acids is 1. The van der Waals surface area contributed by atoms with Crippen LogP contribution in [0.1, 0.15) is 30.1 Å². The van der Waals surface area contributed by atoms with Crippen LogP contribution in [0.5, 0.6) is 0 Å². The lowest BCUT2D eigenvalue weighted by molar-refractivity contribution is 0.0698. The third kappa shape index (κ3) is 1.83. The Labute approximate surface area is 94.7 Å². The van der Waals surface area contributed by atoms with Gasteiger partial charge in [-0.1, -0.05) is 0 Å². The highest BCUT2D eigenvalue weighted by Gasteiger charge is 2.21. The highest BCUT2D eigenvalue weighted by molar-refractivity contribution is 5.94. The molecule has 0 aromatic heterocycles. The van der Waals surface area contributed by atoms with Gasteiger partial charge in [0.2, 0.25) is 0 Å². The normalized spacial score (nSPS) is 20.1. The summed E-state index contributed by atoms with van der Waals surface area (Å²) in [6, 6.07) is 5.71. The van der Waals surface area contributed by atoms with E-state index in [0.717, 1.165) is 25.1 Å². The van der Waals surface area contributed by atoms with Crippen molar-refractivity contribution in [1.29, 1.82) is 0 Å². The molecule has 1 aromatic carbocycles. The summed E-state index contributed by atoms with van der Waals surface area (Å²) >= 11 is 0. The molecule has 1 aliphatic rings. The van der Waals surface area contributed by atoms with E-state index in [1.807, 2.05) is 6.07 Å². The van der Waals surface area contributed by atoms with Crippen molar-refractivity contribution < 1.29 is 9.90 Å². The van der Waals surface area contributed by atoms with E-state index in [1.165, 1.54) is 0 Å². The van der Waals surface area contributed by atoms with Crippen LogP contribution in [0.4, 0.5) is 11.4 Å². The molecule has 1 unspecified atom stereocenters. The van der Waals surface area contributed by atoms with Gasteiger partial charge in [0.05, 0.1) is 5.56 Å². The zero-order chi connectivity index (χ0) is 11.7. The molecule has 0 spiro atoms. The molecule has 0 saturated carbocycles. The first kappa shape index (κ1) is 10.8. The number of benzene rings is 1. The van der Waals surface area contributed by atoms with Crippen molar-refractivity contribution in [3.05, 3.63) is 23.8 Å². The Balaban J connectivity index is 2.35. The lowest BCUT2D eigenvalue weighted by Gasteiger charge is -2.24.